The molecule has 0 N–H and O–H groups in total. The van der Waals surface area contributed by atoms with E-state index in [1.165, 1.54) is 10.4 Å². The molecule has 1 aromatic heterocycles. The van der Waals surface area contributed by atoms with Gasteiger partial charge in [0, 0.05) is 23.5 Å². The summed E-state index contributed by atoms with van der Waals surface area (Å²) in [5.74, 6) is 2.12. The summed E-state index contributed by atoms with van der Waals surface area (Å²) in [6, 6.07) is 17.0. The molecule has 39 heavy (non-hydrogen) atoms. The minimum Gasteiger partial charge on any atom is -0.493 e. The van der Waals surface area contributed by atoms with Crippen LogP contribution < -0.4 is 4.74 Å². The lowest BCUT2D eigenvalue weighted by atomic mass is 9.69. The SMILES string of the molecule is Cc1oc(-c2ccccc2)nc1CCOc1cccc(/C=C/C(=O)N2[C@@H]3CC4CC[C@]3(CS2(=O)=O)C4(C)C)c1. The van der Waals surface area contributed by atoms with Crippen LogP contribution in [0.15, 0.2) is 65.1 Å². The molecule has 2 saturated carbocycles. The number of nitrogens with zero attached hydrogens (tertiary/aromatic N) is 2. The van der Waals surface area contributed by atoms with Crippen molar-refractivity contribution in [2.45, 2.75) is 52.5 Å². The summed E-state index contributed by atoms with van der Waals surface area (Å²) >= 11 is 0. The van der Waals surface area contributed by atoms with Gasteiger partial charge in [-0.3, -0.25) is 4.79 Å². The third-order valence-electron chi connectivity index (χ3n) is 9.43. The number of amides is 1. The molecule has 6 rings (SSSR count). The first-order valence-corrected chi connectivity index (χ1v) is 15.2. The Kier molecular flexibility index (Phi) is 6.21. The van der Waals surface area contributed by atoms with E-state index in [1.807, 2.05) is 61.5 Å². The van der Waals surface area contributed by atoms with Crippen molar-refractivity contribution < 1.29 is 22.4 Å². The van der Waals surface area contributed by atoms with Crippen LogP contribution in [0.5, 0.6) is 5.75 Å². The molecular weight excluding hydrogens is 512 g/mol. The van der Waals surface area contributed by atoms with Crippen molar-refractivity contribution in [1.82, 2.24) is 9.29 Å². The fourth-order valence-electron chi connectivity index (χ4n) is 7.16. The molecule has 2 heterocycles. The average Bonchev–Trinajstić information content (AvgIpc) is 3.54. The number of sulfonamides is 1. The Bertz CT molecular complexity index is 1540. The number of carbonyl (C=O) groups is 1. The quantitative estimate of drug-likeness (QED) is 0.356. The number of fused-ring (bicyclic) bond motifs is 1. The van der Waals surface area contributed by atoms with Crippen molar-refractivity contribution in [3.05, 3.63) is 77.7 Å². The van der Waals surface area contributed by atoms with Crippen molar-refractivity contribution in [2.75, 3.05) is 12.4 Å². The van der Waals surface area contributed by atoms with Crippen LogP contribution >= 0.6 is 0 Å². The second-order valence-corrected chi connectivity index (χ2v) is 13.5. The summed E-state index contributed by atoms with van der Waals surface area (Å²) in [5, 5.41) is 0. The van der Waals surface area contributed by atoms with E-state index in [4.69, 9.17) is 9.15 Å². The van der Waals surface area contributed by atoms with Gasteiger partial charge in [-0.25, -0.2) is 17.7 Å². The lowest BCUT2D eigenvalue weighted by molar-refractivity contribution is -0.123. The molecular formula is C31H34N2O5S. The Morgan fingerprint density at radius 2 is 1.97 bits per heavy atom. The van der Waals surface area contributed by atoms with Gasteiger partial charge in [-0.1, -0.05) is 44.2 Å². The van der Waals surface area contributed by atoms with Crippen molar-refractivity contribution in [3.63, 3.8) is 0 Å². The van der Waals surface area contributed by atoms with E-state index < -0.39 is 15.9 Å². The standard InChI is InChI=1S/C31H34N2O5S/c1-21-26(32-29(38-21)23-9-5-4-6-10-23)15-17-37-25-11-7-8-22(18-25)12-13-28(34)33-27-19-24-14-16-31(27,30(24,2)3)20-39(33,35)36/h4-13,18,24,27H,14-17,19-20H2,1-3H3/b13-12+/t24?,27-,31-/m1/s1. The molecule has 1 saturated heterocycles. The lowest BCUT2D eigenvalue weighted by Crippen LogP contribution is -2.43. The Labute approximate surface area is 229 Å². The van der Waals surface area contributed by atoms with Gasteiger partial charge >= 0.3 is 0 Å². The molecule has 3 fully saturated rings. The molecule has 1 spiro atoms. The molecule has 1 aliphatic heterocycles. The van der Waals surface area contributed by atoms with E-state index in [0.717, 1.165) is 41.8 Å². The van der Waals surface area contributed by atoms with Crippen LogP contribution in [0, 0.1) is 23.7 Å². The fraction of sp³-hybridized carbons (Fsp3) is 0.419. The summed E-state index contributed by atoms with van der Waals surface area (Å²) in [6.45, 7) is 6.68. The number of ether oxygens (including phenoxy) is 1. The molecule has 3 aromatic rings. The van der Waals surface area contributed by atoms with E-state index in [2.05, 4.69) is 18.8 Å². The van der Waals surface area contributed by atoms with Crippen molar-refractivity contribution >= 4 is 22.0 Å². The number of rotatable bonds is 7. The van der Waals surface area contributed by atoms with Gasteiger partial charge in [0.05, 0.1) is 24.1 Å². The van der Waals surface area contributed by atoms with E-state index in [1.54, 1.807) is 6.08 Å². The first kappa shape index (κ1) is 25.9. The Morgan fingerprint density at radius 3 is 2.74 bits per heavy atom. The number of hydrogen-bond donors (Lipinski definition) is 0. The van der Waals surface area contributed by atoms with Gasteiger partial charge in [0.25, 0.3) is 5.91 Å². The van der Waals surface area contributed by atoms with Crippen LogP contribution in [0.3, 0.4) is 0 Å². The van der Waals surface area contributed by atoms with Crippen LogP contribution in [0.1, 0.15) is 50.1 Å². The zero-order chi connectivity index (χ0) is 27.4. The highest BCUT2D eigenvalue weighted by atomic mass is 32.2. The predicted molar refractivity (Wildman–Crippen MR) is 149 cm³/mol. The Morgan fingerprint density at radius 1 is 1.18 bits per heavy atom. The van der Waals surface area contributed by atoms with Crippen molar-refractivity contribution in [2.24, 2.45) is 16.7 Å². The van der Waals surface area contributed by atoms with Gasteiger partial charge in [-0.2, -0.15) is 0 Å². The highest BCUT2D eigenvalue weighted by Crippen LogP contribution is 2.70. The van der Waals surface area contributed by atoms with Gasteiger partial charge in [0.1, 0.15) is 11.5 Å². The molecule has 1 amide bonds. The van der Waals surface area contributed by atoms with Crippen LogP contribution in [0.2, 0.25) is 0 Å². The maximum absolute atomic E-state index is 13.2. The van der Waals surface area contributed by atoms with Crippen molar-refractivity contribution in [3.8, 4) is 17.2 Å². The van der Waals surface area contributed by atoms with Gasteiger partial charge < -0.3 is 9.15 Å². The molecule has 2 bridgehead atoms. The Hall–Kier alpha value is -3.39. The molecule has 8 heteroatoms. The summed E-state index contributed by atoms with van der Waals surface area (Å²) in [5.41, 5.74) is 2.16. The van der Waals surface area contributed by atoms with Gasteiger partial charge in [-0.05, 0) is 73.4 Å². The van der Waals surface area contributed by atoms with Crippen LogP contribution in [-0.4, -0.2) is 42.0 Å². The molecule has 1 unspecified atom stereocenters. The smallest absolute Gasteiger partial charge is 0.260 e. The number of aryl methyl sites for hydroxylation is 1. The second kappa shape index (κ2) is 9.37. The van der Waals surface area contributed by atoms with Gasteiger partial charge in [0.2, 0.25) is 15.9 Å². The van der Waals surface area contributed by atoms with Crippen LogP contribution in [-0.2, 0) is 21.2 Å². The zero-order valence-corrected chi connectivity index (χ0v) is 23.4. The molecule has 204 valence electrons. The third kappa shape index (κ3) is 4.29. The van der Waals surface area contributed by atoms with Crippen LogP contribution in [0.4, 0.5) is 0 Å². The number of carbonyl (C=O) groups excluding carboxylic acids is 1. The average molecular weight is 547 g/mol. The normalized spacial score (nSPS) is 26.3. The molecule has 2 aromatic carbocycles. The maximum atomic E-state index is 13.2. The van der Waals surface area contributed by atoms with E-state index >= 15 is 0 Å². The summed E-state index contributed by atoms with van der Waals surface area (Å²) in [4.78, 5) is 17.8. The largest absolute Gasteiger partial charge is 0.493 e. The maximum Gasteiger partial charge on any atom is 0.260 e. The molecule has 7 nitrogen and oxygen atoms in total. The molecule has 2 aliphatic carbocycles. The molecule has 3 aliphatic rings. The minimum absolute atomic E-state index is 0.0667. The Balaban J connectivity index is 1.10. The summed E-state index contributed by atoms with van der Waals surface area (Å²) in [7, 11) is -3.64. The number of benzene rings is 2. The summed E-state index contributed by atoms with van der Waals surface area (Å²) < 4.78 is 39.3. The number of aromatic nitrogens is 1. The first-order valence-electron chi connectivity index (χ1n) is 13.6. The van der Waals surface area contributed by atoms with Gasteiger partial charge in [-0.15, -0.1) is 0 Å². The fourth-order valence-corrected chi connectivity index (χ4v) is 9.67. The second-order valence-electron chi connectivity index (χ2n) is 11.6. The summed E-state index contributed by atoms with van der Waals surface area (Å²) in [6.07, 6.45) is 6.35. The minimum atomic E-state index is -3.64. The molecule has 3 atom stereocenters. The van der Waals surface area contributed by atoms with Gasteiger partial charge in [0.15, 0.2) is 0 Å². The van der Waals surface area contributed by atoms with E-state index in [0.29, 0.717) is 30.6 Å². The predicted octanol–water partition coefficient (Wildman–Crippen LogP) is 5.65. The molecule has 0 radical (unpaired) electrons. The lowest BCUT2D eigenvalue weighted by Gasteiger charge is -2.36. The van der Waals surface area contributed by atoms with E-state index in [9.17, 15) is 13.2 Å². The van der Waals surface area contributed by atoms with Crippen LogP contribution in [0.25, 0.3) is 17.5 Å². The number of hydrogen-bond acceptors (Lipinski definition) is 6. The monoisotopic (exact) mass is 546 g/mol. The van der Waals surface area contributed by atoms with Crippen molar-refractivity contribution in [1.29, 1.82) is 0 Å². The number of oxazole rings is 1. The van der Waals surface area contributed by atoms with E-state index in [-0.39, 0.29) is 22.6 Å². The topological polar surface area (TPSA) is 89.7 Å². The first-order chi connectivity index (χ1) is 18.6. The third-order valence-corrected chi connectivity index (χ3v) is 11.3. The zero-order valence-electron chi connectivity index (χ0n) is 22.6. The highest BCUT2D eigenvalue weighted by molar-refractivity contribution is 7.90. The highest BCUT2D eigenvalue weighted by Gasteiger charge is 2.72.